The summed E-state index contributed by atoms with van der Waals surface area (Å²) in [6, 6.07) is 26.1. The van der Waals surface area contributed by atoms with Gasteiger partial charge in [-0.1, -0.05) is 311 Å². The number of para-hydroxylation sites is 4. The normalized spacial score (nSPS) is 16.3. The average Bonchev–Trinajstić information content (AvgIpc) is 1.24. The second-order valence-corrected chi connectivity index (χ2v) is 32.0. The number of nitrogens with zero attached hydrogens (tertiary/aromatic N) is 8. The molecule has 0 aliphatic carbocycles. The first-order valence-corrected chi connectivity index (χ1v) is 34.8. The molecule has 4 heterocycles. The Morgan fingerprint density at radius 3 is 0.698 bits per heavy atom. The number of aliphatic imine (C=N–C) groups is 4. The largest absolute Gasteiger partial charge is 3.00 e. The number of allylic oxidation sites excluding steroid dienone is 6. The SMILES string of the molecule is CC(C)c1cccc(C(C)C)c1[N-]/C=C1/C=CC(C(C)(C)C)=N1.CC(C)c1cccc(C(C)C)c1[N-]/C=C1/C=CC(C(C)(C)C)=N1.CC(C)c1cccc(C(C)C)c1[N-]/C=C1/CCC(C(C)(C)C)=N1.CC(C)c1cccc(C(C)C)c1[N-]/C=C1/CCC(C(C)(C)C)=N1.[O][O-].[Sm+3].[Sm]. The second kappa shape index (κ2) is 39.7. The molecule has 4 aliphatic rings. The number of hydrogen-bond donors (Lipinski definition) is 0. The maximum absolute atomic E-state index is 7.00. The van der Waals surface area contributed by atoms with Gasteiger partial charge in [0.1, 0.15) is 0 Å². The van der Waals surface area contributed by atoms with Crippen molar-refractivity contribution in [1.29, 1.82) is 0 Å². The fraction of sp³-hybridized carbons (Fsp3) is 0.524. The van der Waals surface area contributed by atoms with Crippen LogP contribution >= 0.6 is 0 Å². The number of rotatable bonds is 16. The van der Waals surface area contributed by atoms with E-state index >= 15 is 0 Å². The Labute approximate surface area is 649 Å². The summed E-state index contributed by atoms with van der Waals surface area (Å²) in [5.41, 5.74) is 24.4. The van der Waals surface area contributed by atoms with Gasteiger partial charge in [-0.05, 0) is 97.3 Å². The van der Waals surface area contributed by atoms with E-state index in [9.17, 15) is 0 Å². The molecule has 0 fully saturated rings. The van der Waals surface area contributed by atoms with E-state index in [-0.39, 0.29) is 102 Å². The minimum Gasteiger partial charge on any atom is -0.693 e. The maximum Gasteiger partial charge on any atom is 3.00 e. The smallest absolute Gasteiger partial charge is 0.693 e. The molecule has 0 spiro atoms. The van der Waals surface area contributed by atoms with Gasteiger partial charge in [0, 0.05) is 108 Å². The van der Waals surface area contributed by atoms with Gasteiger partial charge in [0.2, 0.25) is 0 Å². The van der Waals surface area contributed by atoms with E-state index in [0.717, 1.165) is 82.6 Å². The van der Waals surface area contributed by atoms with E-state index < -0.39 is 0 Å². The Hall–Kier alpha value is -4.20. The summed E-state index contributed by atoms with van der Waals surface area (Å²) in [5, 5.41) is 33.4. The zero-order valence-corrected chi connectivity index (χ0v) is 69.4. The minimum atomic E-state index is 0. The second-order valence-electron chi connectivity index (χ2n) is 32.0. The summed E-state index contributed by atoms with van der Waals surface area (Å²) in [6.07, 6.45) is 20.2. The third kappa shape index (κ3) is 26.4. The molecule has 4 aromatic carbocycles. The molecule has 0 unspecified atom stereocenters. The van der Waals surface area contributed by atoms with Crippen molar-refractivity contribution in [3.8, 4) is 0 Å². The molecule has 0 aromatic heterocycles. The van der Waals surface area contributed by atoms with Crippen LogP contribution in [-0.2, 0) is 5.26 Å². The Bertz CT molecular complexity index is 3140. The van der Waals surface area contributed by atoms with Crippen molar-refractivity contribution in [2.24, 2.45) is 41.6 Å². The molecule has 0 amide bonds. The monoisotopic (exact) mass is 1580 g/mol. The number of benzene rings is 4. The van der Waals surface area contributed by atoms with Crippen molar-refractivity contribution in [2.75, 3.05) is 0 Å². The van der Waals surface area contributed by atoms with Gasteiger partial charge < -0.3 is 31.8 Å². The van der Waals surface area contributed by atoms with Gasteiger partial charge in [0.05, 0.1) is 0 Å². The zero-order chi connectivity index (χ0) is 70.8. The molecule has 4 aliphatic heterocycles. The zero-order valence-electron chi connectivity index (χ0n) is 64.2. The molecule has 12 heteroatoms. The topological polar surface area (TPSA) is 149 Å². The Morgan fingerprint density at radius 1 is 0.323 bits per heavy atom. The van der Waals surface area contributed by atoms with Gasteiger partial charge in [-0.15, -0.1) is 35.1 Å². The van der Waals surface area contributed by atoms with Gasteiger partial charge in [-0.3, -0.25) is 20.0 Å². The summed E-state index contributed by atoms with van der Waals surface area (Å²) in [5.74, 6) is 3.73. The molecule has 0 bridgehead atoms. The molecule has 0 atom stereocenters. The predicted molar refractivity (Wildman–Crippen MR) is 408 cm³/mol. The van der Waals surface area contributed by atoms with Crippen molar-refractivity contribution >= 4 is 45.6 Å². The van der Waals surface area contributed by atoms with Crippen LogP contribution in [0, 0.1) is 102 Å². The first kappa shape index (κ1) is 87.9. The van der Waals surface area contributed by atoms with Crippen LogP contribution in [-0.4, -0.2) is 22.8 Å². The summed E-state index contributed by atoms with van der Waals surface area (Å²) >= 11 is 0. The van der Waals surface area contributed by atoms with E-state index in [1.165, 1.54) is 55.9 Å². The molecular weight excluding hydrogens is 1450 g/mol. The number of hydrogen-bond acceptors (Lipinski definition) is 5. The molecule has 0 saturated heterocycles. The van der Waals surface area contributed by atoms with Crippen molar-refractivity contribution in [3.63, 3.8) is 0 Å². The first-order valence-electron chi connectivity index (χ1n) is 34.8. The van der Waals surface area contributed by atoms with Crippen molar-refractivity contribution in [1.82, 2.24) is 0 Å². The van der Waals surface area contributed by atoms with Gasteiger partial charge in [-0.25, -0.2) is 0 Å². The fourth-order valence-corrected chi connectivity index (χ4v) is 11.3. The summed E-state index contributed by atoms with van der Waals surface area (Å²) < 4.78 is 0. The van der Waals surface area contributed by atoms with Crippen LogP contribution in [0.5, 0.6) is 0 Å². The average molecular weight is 1570 g/mol. The van der Waals surface area contributed by atoms with Crippen LogP contribution in [0.15, 0.2) is 165 Å². The molecule has 10 nitrogen and oxygen atoms in total. The Balaban J connectivity index is 0.000000429. The van der Waals surface area contributed by atoms with Crippen LogP contribution in [0.1, 0.15) is 311 Å². The molecular formula is C84H120N8O2Sm2-2. The van der Waals surface area contributed by atoms with Crippen LogP contribution in [0.3, 0.4) is 0 Å². The van der Waals surface area contributed by atoms with Gasteiger partial charge >= 0.3 is 40.4 Å². The van der Waals surface area contributed by atoms with Crippen LogP contribution in [0.2, 0.25) is 0 Å². The molecule has 8 rings (SSSR count). The Kier molecular flexibility index (Phi) is 36.3. The quantitative estimate of drug-likeness (QED) is 0.0797. The summed E-state index contributed by atoms with van der Waals surface area (Å²) in [6.45, 7) is 62.1. The molecule has 0 saturated carbocycles. The van der Waals surface area contributed by atoms with Crippen LogP contribution < -0.4 is 5.26 Å². The van der Waals surface area contributed by atoms with E-state index in [0.29, 0.717) is 47.3 Å². The van der Waals surface area contributed by atoms with E-state index in [2.05, 4.69) is 291 Å². The summed E-state index contributed by atoms with van der Waals surface area (Å²) in [4.78, 5) is 19.0. The minimum absolute atomic E-state index is 0. The third-order valence-electron chi connectivity index (χ3n) is 17.1. The third-order valence-corrected chi connectivity index (χ3v) is 17.1. The van der Waals surface area contributed by atoms with Crippen molar-refractivity contribution in [2.45, 2.75) is 267 Å². The molecule has 4 aromatic rings. The predicted octanol–water partition coefficient (Wildman–Crippen LogP) is 26.5. The molecule has 0 N–H and O–H groups in total. The van der Waals surface area contributed by atoms with Crippen LogP contribution in [0.25, 0.3) is 21.3 Å². The first-order chi connectivity index (χ1) is 43.8. The van der Waals surface area contributed by atoms with E-state index in [1.54, 1.807) is 0 Å². The van der Waals surface area contributed by atoms with E-state index in [4.69, 9.17) is 51.8 Å². The Morgan fingerprint density at radius 2 is 0.531 bits per heavy atom. The van der Waals surface area contributed by atoms with E-state index in [1.807, 2.05) is 24.8 Å². The molecule has 2 radical (unpaired) electrons. The fourth-order valence-electron chi connectivity index (χ4n) is 11.3. The van der Waals surface area contributed by atoms with Crippen molar-refractivity contribution < 1.29 is 91.3 Å². The molecule has 522 valence electrons. The molecule has 96 heavy (non-hydrogen) atoms. The van der Waals surface area contributed by atoms with Crippen LogP contribution in [0.4, 0.5) is 22.7 Å². The maximum atomic E-state index is 7.00. The standard InChI is InChI=1S/2C21H31N2.2C21H29N2.O2.2Sm/c4*1-14(2)17-9-8-10-18(15(3)4)20(17)22-13-16-11-12-19(23-16)21(5,6)7;1-2;;/h2*8-10,13-15H,11-12H2,1-7H3;2*8-15H,1-7H3;;;/q5*-1;;+3/b4*16-13-;;;. The van der Waals surface area contributed by atoms with Crippen molar-refractivity contribution in [3.05, 3.63) is 210 Å². The summed E-state index contributed by atoms with van der Waals surface area (Å²) in [7, 11) is 0. The van der Waals surface area contributed by atoms with Gasteiger partial charge in [-0.2, -0.15) is 12.4 Å². The van der Waals surface area contributed by atoms with Gasteiger partial charge in [0.25, 0.3) is 0 Å². The van der Waals surface area contributed by atoms with Gasteiger partial charge in [0.15, 0.2) is 0 Å².